The Labute approximate surface area is 182 Å². The number of halogens is 1. The molecule has 3 aromatic carbocycles. The number of hydrogen-bond acceptors (Lipinski definition) is 4. The number of hydrogen-bond donors (Lipinski definition) is 2. The van der Waals surface area contributed by atoms with Gasteiger partial charge in [0, 0.05) is 26.3 Å². The number of rotatable bonds is 8. The summed E-state index contributed by atoms with van der Waals surface area (Å²) in [4.78, 5) is 26.1. The van der Waals surface area contributed by atoms with E-state index in [1.54, 1.807) is 35.7 Å². The van der Waals surface area contributed by atoms with E-state index in [4.69, 9.17) is 11.6 Å². The number of anilines is 1. The molecule has 0 heterocycles. The van der Waals surface area contributed by atoms with E-state index in [1.165, 1.54) is 12.1 Å². The number of carbonyl (C=O) groups excluding carboxylic acids is 1. The Hall–Kier alpha value is -2.41. The minimum atomic E-state index is -1.13. The Morgan fingerprint density at radius 1 is 0.828 bits per heavy atom. The maximum atomic E-state index is 12.6. The van der Waals surface area contributed by atoms with Crippen LogP contribution in [0.5, 0.6) is 0 Å². The summed E-state index contributed by atoms with van der Waals surface area (Å²) < 4.78 is 0. The van der Waals surface area contributed by atoms with Crippen LogP contribution in [0.15, 0.2) is 82.6 Å². The summed E-state index contributed by atoms with van der Waals surface area (Å²) in [5, 5.41) is 12.9. The lowest BCUT2D eigenvalue weighted by molar-refractivity contribution is 0.0692. The number of para-hydroxylation sites is 1. The van der Waals surface area contributed by atoms with Crippen molar-refractivity contribution in [2.75, 3.05) is 16.8 Å². The lowest BCUT2D eigenvalue weighted by Crippen LogP contribution is -2.16. The minimum absolute atomic E-state index is 0.0190. The molecule has 4 nitrogen and oxygen atoms in total. The van der Waals surface area contributed by atoms with Crippen LogP contribution in [-0.2, 0) is 0 Å². The molecular formula is C22H18ClNO3S2. The summed E-state index contributed by atoms with van der Waals surface area (Å²) in [6.07, 6.45) is 0. The molecule has 3 aromatic rings. The zero-order valence-electron chi connectivity index (χ0n) is 15.3. The fourth-order valence-corrected chi connectivity index (χ4v) is 4.62. The van der Waals surface area contributed by atoms with Crippen LogP contribution in [0.3, 0.4) is 0 Å². The second-order valence-corrected chi connectivity index (χ2v) is 8.69. The number of carboxylic acids is 1. The number of carboxylic acid groups (broad SMARTS) is 1. The van der Waals surface area contributed by atoms with Gasteiger partial charge in [-0.2, -0.15) is 0 Å². The molecule has 0 saturated heterocycles. The second kappa shape index (κ2) is 10.4. The SMILES string of the molecule is O=C(O)c1ccccc1C(=O)Nc1ccccc1SCCSc1ccc(Cl)cc1. The van der Waals surface area contributed by atoms with Gasteiger partial charge in [0.1, 0.15) is 0 Å². The first-order valence-electron chi connectivity index (χ1n) is 8.78. The third-order valence-corrected chi connectivity index (χ3v) is 6.56. The summed E-state index contributed by atoms with van der Waals surface area (Å²) in [6.45, 7) is 0. The Kier molecular flexibility index (Phi) is 7.63. The lowest BCUT2D eigenvalue weighted by Gasteiger charge is -2.12. The van der Waals surface area contributed by atoms with Crippen molar-refractivity contribution in [2.24, 2.45) is 0 Å². The zero-order chi connectivity index (χ0) is 20.6. The van der Waals surface area contributed by atoms with Gasteiger partial charge in [-0.3, -0.25) is 4.79 Å². The van der Waals surface area contributed by atoms with Crippen molar-refractivity contribution in [3.05, 3.63) is 88.9 Å². The third-order valence-electron chi connectivity index (χ3n) is 3.96. The van der Waals surface area contributed by atoms with E-state index < -0.39 is 11.9 Å². The normalized spacial score (nSPS) is 10.5. The molecule has 0 fully saturated rings. The van der Waals surface area contributed by atoms with Crippen LogP contribution >= 0.6 is 35.1 Å². The van der Waals surface area contributed by atoms with Crippen LogP contribution in [0.25, 0.3) is 0 Å². The van der Waals surface area contributed by atoms with Crippen molar-refractivity contribution < 1.29 is 14.7 Å². The van der Waals surface area contributed by atoms with Gasteiger partial charge in [-0.15, -0.1) is 23.5 Å². The van der Waals surface area contributed by atoms with Gasteiger partial charge >= 0.3 is 5.97 Å². The number of carbonyl (C=O) groups is 2. The Morgan fingerprint density at radius 2 is 1.45 bits per heavy atom. The molecule has 0 unspecified atom stereocenters. The molecule has 0 aliphatic rings. The Balaban J connectivity index is 1.62. The van der Waals surface area contributed by atoms with Crippen LogP contribution in [-0.4, -0.2) is 28.5 Å². The number of aromatic carboxylic acids is 1. The first-order valence-corrected chi connectivity index (χ1v) is 11.1. The predicted molar refractivity (Wildman–Crippen MR) is 121 cm³/mol. The Bertz CT molecular complexity index is 1010. The number of amides is 1. The van der Waals surface area contributed by atoms with Crippen molar-refractivity contribution in [3.63, 3.8) is 0 Å². The first kappa shape index (κ1) is 21.3. The minimum Gasteiger partial charge on any atom is -0.478 e. The molecule has 0 saturated carbocycles. The standard InChI is InChI=1S/C22H18ClNO3S2/c23-15-9-11-16(12-10-15)28-13-14-29-20-8-4-3-7-19(20)24-21(25)17-5-1-2-6-18(17)22(26)27/h1-12H,13-14H2,(H,24,25)(H,26,27). The fraction of sp³-hybridized carbons (Fsp3) is 0.0909. The third kappa shape index (κ3) is 6.03. The van der Waals surface area contributed by atoms with Gasteiger partial charge in [-0.25, -0.2) is 4.79 Å². The summed E-state index contributed by atoms with van der Waals surface area (Å²) in [5.41, 5.74) is 0.784. The van der Waals surface area contributed by atoms with Crippen LogP contribution in [0.4, 0.5) is 5.69 Å². The van der Waals surface area contributed by atoms with Crippen molar-refractivity contribution in [1.82, 2.24) is 0 Å². The van der Waals surface area contributed by atoms with Gasteiger partial charge in [0.15, 0.2) is 0 Å². The maximum absolute atomic E-state index is 12.6. The van der Waals surface area contributed by atoms with E-state index in [0.29, 0.717) is 5.69 Å². The average Bonchev–Trinajstić information content (AvgIpc) is 2.73. The van der Waals surface area contributed by atoms with Crippen molar-refractivity contribution in [3.8, 4) is 0 Å². The largest absolute Gasteiger partial charge is 0.478 e. The van der Waals surface area contributed by atoms with Gasteiger partial charge in [0.2, 0.25) is 0 Å². The van der Waals surface area contributed by atoms with Gasteiger partial charge in [0.05, 0.1) is 16.8 Å². The van der Waals surface area contributed by atoms with Crippen LogP contribution < -0.4 is 5.32 Å². The highest BCUT2D eigenvalue weighted by Crippen LogP contribution is 2.29. The smallest absolute Gasteiger partial charge is 0.336 e. The van der Waals surface area contributed by atoms with Crippen molar-refractivity contribution >= 4 is 52.7 Å². The summed E-state index contributed by atoms with van der Waals surface area (Å²) in [6, 6.07) is 21.4. The van der Waals surface area contributed by atoms with E-state index in [1.807, 2.05) is 48.5 Å². The van der Waals surface area contributed by atoms with Crippen LogP contribution in [0.2, 0.25) is 5.02 Å². The quantitative estimate of drug-likeness (QED) is 0.321. The summed E-state index contributed by atoms with van der Waals surface area (Å²) in [5.74, 6) is 0.187. The highest BCUT2D eigenvalue weighted by Gasteiger charge is 2.16. The van der Waals surface area contributed by atoms with E-state index >= 15 is 0 Å². The summed E-state index contributed by atoms with van der Waals surface area (Å²) >= 11 is 9.28. The van der Waals surface area contributed by atoms with Gasteiger partial charge in [-0.1, -0.05) is 35.9 Å². The lowest BCUT2D eigenvalue weighted by atomic mass is 10.1. The van der Waals surface area contributed by atoms with Gasteiger partial charge in [-0.05, 0) is 48.5 Å². The molecule has 2 N–H and O–H groups in total. The number of nitrogens with one attached hydrogen (secondary N) is 1. The molecule has 1 amide bonds. The highest BCUT2D eigenvalue weighted by atomic mass is 35.5. The maximum Gasteiger partial charge on any atom is 0.336 e. The molecule has 7 heteroatoms. The van der Waals surface area contributed by atoms with Crippen LogP contribution in [0.1, 0.15) is 20.7 Å². The molecule has 0 aliphatic heterocycles. The highest BCUT2D eigenvalue weighted by molar-refractivity contribution is 8.03. The molecule has 0 aliphatic carbocycles. The van der Waals surface area contributed by atoms with Crippen molar-refractivity contribution in [2.45, 2.75) is 9.79 Å². The topological polar surface area (TPSA) is 66.4 Å². The average molecular weight is 444 g/mol. The molecule has 29 heavy (non-hydrogen) atoms. The monoisotopic (exact) mass is 443 g/mol. The number of thioether (sulfide) groups is 2. The Morgan fingerprint density at radius 3 is 2.17 bits per heavy atom. The molecule has 0 spiro atoms. The van der Waals surface area contributed by atoms with Crippen molar-refractivity contribution in [1.29, 1.82) is 0 Å². The second-order valence-electron chi connectivity index (χ2n) is 5.95. The molecule has 0 aromatic heterocycles. The van der Waals surface area contributed by atoms with Gasteiger partial charge in [0.25, 0.3) is 5.91 Å². The molecule has 0 atom stereocenters. The first-order chi connectivity index (χ1) is 14.0. The molecule has 3 rings (SSSR count). The fourth-order valence-electron chi connectivity index (χ4n) is 2.59. The van der Waals surface area contributed by atoms with E-state index in [9.17, 15) is 14.7 Å². The zero-order valence-corrected chi connectivity index (χ0v) is 17.7. The van der Waals surface area contributed by atoms with Crippen LogP contribution in [0, 0.1) is 0 Å². The summed E-state index contributed by atoms with van der Waals surface area (Å²) in [7, 11) is 0. The van der Waals surface area contributed by atoms with E-state index in [-0.39, 0.29) is 11.1 Å². The molecule has 0 radical (unpaired) electrons. The van der Waals surface area contributed by atoms with Gasteiger partial charge < -0.3 is 10.4 Å². The molecular weight excluding hydrogens is 426 g/mol. The van der Waals surface area contributed by atoms with E-state index in [0.717, 1.165) is 26.3 Å². The van der Waals surface area contributed by atoms with E-state index in [2.05, 4.69) is 5.32 Å². The number of benzene rings is 3. The predicted octanol–water partition coefficient (Wildman–Crippen LogP) is 6.17. The molecule has 0 bridgehead atoms. The molecule has 148 valence electrons.